The van der Waals surface area contributed by atoms with Crippen molar-refractivity contribution in [1.29, 1.82) is 10.5 Å². The van der Waals surface area contributed by atoms with Gasteiger partial charge in [0, 0.05) is 17.0 Å². The van der Waals surface area contributed by atoms with Crippen molar-refractivity contribution >= 4 is 34.6 Å². The Morgan fingerprint density at radius 2 is 1.73 bits per heavy atom. The van der Waals surface area contributed by atoms with Gasteiger partial charge in [-0.2, -0.15) is 15.5 Å². The van der Waals surface area contributed by atoms with Crippen LogP contribution in [0.25, 0.3) is 28.1 Å². The highest BCUT2D eigenvalue weighted by Crippen LogP contribution is 2.35. The van der Waals surface area contributed by atoms with Crippen LogP contribution in [0.3, 0.4) is 0 Å². The summed E-state index contributed by atoms with van der Waals surface area (Å²) in [7, 11) is 0. The van der Waals surface area contributed by atoms with E-state index in [-0.39, 0.29) is 0 Å². The fourth-order valence-corrected chi connectivity index (χ4v) is 3.95. The number of allylic oxidation sites excluding steroid dienone is 1. The second-order valence-electron chi connectivity index (χ2n) is 7.69. The van der Waals surface area contributed by atoms with Crippen LogP contribution in [-0.2, 0) is 0 Å². The molecule has 4 aromatic rings. The molecule has 2 aromatic carbocycles. The number of pyridine rings is 1. The van der Waals surface area contributed by atoms with Crippen molar-refractivity contribution in [3.8, 4) is 23.3 Å². The number of aromatic nitrogens is 3. The zero-order chi connectivity index (χ0) is 23.5. The Bertz CT molecular complexity index is 1480. The van der Waals surface area contributed by atoms with Gasteiger partial charge in [-0.3, -0.25) is 0 Å². The molecule has 7 heteroatoms. The number of nitrogens with zero attached hydrogens (tertiary/aromatic N) is 5. The van der Waals surface area contributed by atoms with Gasteiger partial charge < -0.3 is 11.1 Å². The number of aryl methyl sites for hydroxylation is 3. The molecule has 0 saturated heterocycles. The van der Waals surface area contributed by atoms with Crippen molar-refractivity contribution < 1.29 is 0 Å². The number of benzene rings is 2. The van der Waals surface area contributed by atoms with Crippen LogP contribution in [0.4, 0.5) is 17.6 Å². The predicted octanol–water partition coefficient (Wildman–Crippen LogP) is 5.35. The minimum Gasteiger partial charge on any atom is -0.383 e. The van der Waals surface area contributed by atoms with Crippen LogP contribution in [0.1, 0.15) is 27.9 Å². The van der Waals surface area contributed by atoms with Crippen molar-refractivity contribution in [3.63, 3.8) is 0 Å². The molecule has 0 atom stereocenters. The number of hydrogen-bond donors (Lipinski definition) is 2. The Morgan fingerprint density at radius 3 is 2.39 bits per heavy atom. The Labute approximate surface area is 191 Å². The molecular formula is C26H21N7. The average Bonchev–Trinajstić information content (AvgIpc) is 2.78. The van der Waals surface area contributed by atoms with E-state index < -0.39 is 0 Å². The summed E-state index contributed by atoms with van der Waals surface area (Å²) >= 11 is 0. The summed E-state index contributed by atoms with van der Waals surface area (Å²) in [4.78, 5) is 13.6. The number of rotatable bonds is 4. The standard InChI is InChI=1S/C26H21N7/c1-15-12-18(6-5-11-27)13-16(2)23(15)20-7-4-8-21-24(20)32-26(33-25(21)29)31-22-10-9-19(14-28)17(3)30-22/h4-10,12-13H,1-3H3,(H3,29,30,31,32,33)/b6-5+. The number of nitrogens with two attached hydrogens (primary N) is 1. The molecule has 0 radical (unpaired) electrons. The van der Waals surface area contributed by atoms with E-state index in [1.54, 1.807) is 25.1 Å². The number of nitrogens with one attached hydrogen (secondary N) is 1. The second-order valence-corrected chi connectivity index (χ2v) is 7.69. The van der Waals surface area contributed by atoms with E-state index in [1.165, 1.54) is 6.08 Å². The molecule has 0 saturated carbocycles. The summed E-state index contributed by atoms with van der Waals surface area (Å²) in [5.74, 6) is 1.22. The summed E-state index contributed by atoms with van der Waals surface area (Å²) in [6.07, 6.45) is 3.26. The fourth-order valence-electron chi connectivity index (χ4n) is 3.95. The first kappa shape index (κ1) is 21.5. The summed E-state index contributed by atoms with van der Waals surface area (Å²) in [6.45, 7) is 5.86. The highest BCUT2D eigenvalue weighted by Gasteiger charge is 2.15. The number of para-hydroxylation sites is 1. The summed E-state index contributed by atoms with van der Waals surface area (Å²) in [5.41, 5.74) is 13.3. The minimum atomic E-state index is 0.327. The maximum absolute atomic E-state index is 9.13. The normalized spacial score (nSPS) is 10.8. The summed E-state index contributed by atoms with van der Waals surface area (Å²) < 4.78 is 0. The SMILES string of the molecule is Cc1cc(/C=C/C#N)cc(C)c1-c1cccc2c(N)nc(Nc3ccc(C#N)c(C)n3)nc12. The van der Waals surface area contributed by atoms with Gasteiger partial charge in [0.05, 0.1) is 22.8 Å². The van der Waals surface area contributed by atoms with Crippen LogP contribution in [0.5, 0.6) is 0 Å². The Kier molecular flexibility index (Phi) is 5.71. The van der Waals surface area contributed by atoms with E-state index in [0.717, 1.165) is 38.7 Å². The molecular weight excluding hydrogens is 410 g/mol. The molecule has 0 spiro atoms. The number of nitrogen functional groups attached to an aromatic ring is 1. The first-order chi connectivity index (χ1) is 15.9. The first-order valence-electron chi connectivity index (χ1n) is 10.3. The molecule has 33 heavy (non-hydrogen) atoms. The lowest BCUT2D eigenvalue weighted by Gasteiger charge is -2.15. The maximum Gasteiger partial charge on any atom is 0.230 e. The molecule has 0 aliphatic carbocycles. The molecule has 0 aliphatic heterocycles. The summed E-state index contributed by atoms with van der Waals surface area (Å²) in [6, 6.07) is 17.5. The van der Waals surface area contributed by atoms with Gasteiger partial charge in [0.2, 0.25) is 5.95 Å². The highest BCUT2D eigenvalue weighted by atomic mass is 15.2. The number of hydrogen-bond acceptors (Lipinski definition) is 7. The van der Waals surface area contributed by atoms with E-state index >= 15 is 0 Å². The van der Waals surface area contributed by atoms with Crippen molar-refractivity contribution in [2.75, 3.05) is 11.1 Å². The van der Waals surface area contributed by atoms with Gasteiger partial charge >= 0.3 is 0 Å². The number of nitriles is 2. The second kappa shape index (κ2) is 8.78. The van der Waals surface area contributed by atoms with Gasteiger partial charge in [0.15, 0.2) is 0 Å². The molecule has 160 valence electrons. The van der Waals surface area contributed by atoms with Gasteiger partial charge in [-0.15, -0.1) is 0 Å². The molecule has 7 nitrogen and oxygen atoms in total. The van der Waals surface area contributed by atoms with Crippen molar-refractivity contribution in [1.82, 2.24) is 15.0 Å². The van der Waals surface area contributed by atoms with Crippen LogP contribution in [-0.4, -0.2) is 15.0 Å². The van der Waals surface area contributed by atoms with E-state index in [1.807, 2.05) is 50.2 Å². The molecule has 0 aliphatic rings. The fraction of sp³-hybridized carbons (Fsp3) is 0.115. The van der Waals surface area contributed by atoms with E-state index in [2.05, 4.69) is 21.4 Å². The molecule has 2 heterocycles. The highest BCUT2D eigenvalue weighted by molar-refractivity contribution is 6.00. The Hall–Kier alpha value is -4.75. The van der Waals surface area contributed by atoms with Crippen LogP contribution in [0.15, 0.2) is 48.5 Å². The van der Waals surface area contributed by atoms with Gasteiger partial charge in [0.1, 0.15) is 17.7 Å². The van der Waals surface area contributed by atoms with Crippen LogP contribution in [0, 0.1) is 43.4 Å². The van der Waals surface area contributed by atoms with Crippen molar-refractivity contribution in [2.45, 2.75) is 20.8 Å². The monoisotopic (exact) mass is 431 g/mol. The van der Waals surface area contributed by atoms with E-state index in [0.29, 0.717) is 28.8 Å². The third kappa shape index (κ3) is 4.21. The zero-order valence-electron chi connectivity index (χ0n) is 18.5. The van der Waals surface area contributed by atoms with E-state index in [4.69, 9.17) is 21.2 Å². The lowest BCUT2D eigenvalue weighted by atomic mass is 9.92. The van der Waals surface area contributed by atoms with Gasteiger partial charge in [-0.05, 0) is 67.3 Å². The molecule has 0 amide bonds. The lowest BCUT2D eigenvalue weighted by Crippen LogP contribution is -2.04. The van der Waals surface area contributed by atoms with Gasteiger partial charge in [-0.1, -0.05) is 24.3 Å². The minimum absolute atomic E-state index is 0.327. The topological polar surface area (TPSA) is 124 Å². The molecule has 3 N–H and O–H groups in total. The maximum atomic E-state index is 9.13. The third-order valence-electron chi connectivity index (χ3n) is 5.38. The summed E-state index contributed by atoms with van der Waals surface area (Å²) in [5, 5.41) is 21.8. The van der Waals surface area contributed by atoms with Crippen LogP contribution >= 0.6 is 0 Å². The zero-order valence-corrected chi connectivity index (χ0v) is 18.5. The molecule has 0 bridgehead atoms. The smallest absolute Gasteiger partial charge is 0.230 e. The Morgan fingerprint density at radius 1 is 0.970 bits per heavy atom. The van der Waals surface area contributed by atoms with Gasteiger partial charge in [0.25, 0.3) is 0 Å². The molecule has 4 rings (SSSR count). The Balaban J connectivity index is 1.84. The van der Waals surface area contributed by atoms with Crippen molar-refractivity contribution in [2.24, 2.45) is 0 Å². The molecule has 0 fully saturated rings. The third-order valence-corrected chi connectivity index (χ3v) is 5.38. The average molecular weight is 432 g/mol. The van der Waals surface area contributed by atoms with Crippen molar-refractivity contribution in [3.05, 3.63) is 76.5 Å². The number of fused-ring (bicyclic) bond motifs is 1. The lowest BCUT2D eigenvalue weighted by molar-refractivity contribution is 1.15. The largest absolute Gasteiger partial charge is 0.383 e. The first-order valence-corrected chi connectivity index (χ1v) is 10.3. The predicted molar refractivity (Wildman–Crippen MR) is 130 cm³/mol. The van der Waals surface area contributed by atoms with Crippen LogP contribution < -0.4 is 11.1 Å². The molecule has 0 unspecified atom stereocenters. The molecule has 2 aromatic heterocycles. The van der Waals surface area contributed by atoms with Gasteiger partial charge in [-0.25, -0.2) is 9.97 Å². The van der Waals surface area contributed by atoms with E-state index in [9.17, 15) is 0 Å². The van der Waals surface area contributed by atoms with Crippen LogP contribution in [0.2, 0.25) is 0 Å². The number of anilines is 3. The quantitative estimate of drug-likeness (QED) is 0.417.